The fourth-order valence-electron chi connectivity index (χ4n) is 3.64. The Kier molecular flexibility index (Phi) is 3.73. The van der Waals surface area contributed by atoms with Gasteiger partial charge in [0.05, 0.1) is 22.4 Å². The van der Waals surface area contributed by atoms with Gasteiger partial charge in [0.1, 0.15) is 5.76 Å². The number of benzene rings is 1. The highest BCUT2D eigenvalue weighted by molar-refractivity contribution is 6.34. The number of aromatic nitrogens is 1. The van der Waals surface area contributed by atoms with Gasteiger partial charge in [0.2, 0.25) is 0 Å². The van der Waals surface area contributed by atoms with Gasteiger partial charge in [0.15, 0.2) is 0 Å². The number of nitrogens with one attached hydrogen (secondary N) is 1. The quantitative estimate of drug-likeness (QED) is 0.800. The fourth-order valence-corrected chi connectivity index (χ4v) is 4.06. The number of anilines is 1. The molecule has 1 aliphatic heterocycles. The Morgan fingerprint density at radius 2 is 1.96 bits per heavy atom. The van der Waals surface area contributed by atoms with E-state index >= 15 is 0 Å². The molecule has 4 nitrogen and oxygen atoms in total. The molecule has 0 spiro atoms. The molecule has 2 heterocycles. The smallest absolute Gasteiger partial charge is 0.141 e. The number of nitrogens with zero attached hydrogens (tertiary/aromatic N) is 1. The first-order valence-corrected chi connectivity index (χ1v) is 8.25. The number of aliphatic hydroxyl groups is 1. The van der Waals surface area contributed by atoms with Crippen LogP contribution in [-0.2, 0) is 0 Å². The Labute approximate surface area is 141 Å². The van der Waals surface area contributed by atoms with Crippen LogP contribution in [0.1, 0.15) is 49.3 Å². The molecular weight excluding hydrogens is 312 g/mol. The lowest BCUT2D eigenvalue weighted by Gasteiger charge is -2.43. The molecule has 3 rings (SSSR count). The van der Waals surface area contributed by atoms with Crippen LogP contribution < -0.4 is 5.32 Å². The molecule has 0 bridgehead atoms. The van der Waals surface area contributed by atoms with Crippen molar-refractivity contribution in [2.45, 2.75) is 59.1 Å². The van der Waals surface area contributed by atoms with Crippen molar-refractivity contribution in [2.24, 2.45) is 0 Å². The second-order valence-electron chi connectivity index (χ2n) is 7.12. The molecule has 23 heavy (non-hydrogen) atoms. The average molecular weight is 335 g/mol. The van der Waals surface area contributed by atoms with Crippen molar-refractivity contribution < 1.29 is 9.63 Å². The van der Waals surface area contributed by atoms with Gasteiger partial charge in [-0.25, -0.2) is 0 Å². The van der Waals surface area contributed by atoms with Gasteiger partial charge in [0, 0.05) is 28.3 Å². The maximum Gasteiger partial charge on any atom is 0.141 e. The van der Waals surface area contributed by atoms with E-state index in [2.05, 4.69) is 23.5 Å². The SMILES string of the molecule is Cc1cc(-c2c(C)noc2C)c(Cl)c2c1NC(C)(C)[C@H](O)[C@H]2C. The predicted octanol–water partition coefficient (Wildman–Crippen LogP) is 4.59. The average Bonchev–Trinajstić information content (AvgIpc) is 2.79. The number of aliphatic hydroxyl groups excluding tert-OH is 1. The van der Waals surface area contributed by atoms with Gasteiger partial charge in [-0.1, -0.05) is 23.7 Å². The first-order chi connectivity index (χ1) is 10.6. The van der Waals surface area contributed by atoms with Crippen LogP contribution in [0.3, 0.4) is 0 Å². The zero-order valence-electron chi connectivity index (χ0n) is 14.4. The molecule has 124 valence electrons. The minimum absolute atomic E-state index is 0.0622. The third kappa shape index (κ3) is 2.36. The summed E-state index contributed by atoms with van der Waals surface area (Å²) in [7, 11) is 0. The molecule has 5 heteroatoms. The molecule has 1 aliphatic rings. The summed E-state index contributed by atoms with van der Waals surface area (Å²) in [4.78, 5) is 0. The second kappa shape index (κ2) is 5.25. The van der Waals surface area contributed by atoms with Gasteiger partial charge in [-0.3, -0.25) is 0 Å². The first-order valence-electron chi connectivity index (χ1n) is 7.87. The van der Waals surface area contributed by atoms with Crippen molar-refractivity contribution in [1.29, 1.82) is 0 Å². The summed E-state index contributed by atoms with van der Waals surface area (Å²) in [5.74, 6) is 0.689. The van der Waals surface area contributed by atoms with Crippen LogP contribution in [0.2, 0.25) is 5.02 Å². The lowest BCUT2D eigenvalue weighted by molar-refractivity contribution is 0.0869. The van der Waals surface area contributed by atoms with E-state index in [1.807, 2.05) is 34.6 Å². The molecule has 0 aliphatic carbocycles. The zero-order chi connectivity index (χ0) is 17.1. The molecule has 0 saturated heterocycles. The van der Waals surface area contributed by atoms with Gasteiger partial charge >= 0.3 is 0 Å². The molecule has 1 aromatic heterocycles. The van der Waals surface area contributed by atoms with E-state index in [1.165, 1.54) is 0 Å². The first kappa shape index (κ1) is 16.3. The largest absolute Gasteiger partial charge is 0.390 e. The number of aryl methyl sites for hydroxylation is 3. The molecule has 0 amide bonds. The summed E-state index contributed by atoms with van der Waals surface area (Å²) in [6.45, 7) is 11.9. The number of hydrogen-bond donors (Lipinski definition) is 2. The van der Waals surface area contributed by atoms with E-state index in [0.29, 0.717) is 5.02 Å². The Morgan fingerprint density at radius 1 is 1.30 bits per heavy atom. The van der Waals surface area contributed by atoms with E-state index in [-0.39, 0.29) is 5.92 Å². The lowest BCUT2D eigenvalue weighted by Crippen LogP contribution is -2.50. The summed E-state index contributed by atoms with van der Waals surface area (Å²) in [6.07, 6.45) is -0.521. The van der Waals surface area contributed by atoms with E-state index in [4.69, 9.17) is 16.1 Å². The highest BCUT2D eigenvalue weighted by Crippen LogP contribution is 2.48. The fraction of sp³-hybridized carbons (Fsp3) is 0.500. The Hall–Kier alpha value is -1.52. The molecule has 2 atom stereocenters. The zero-order valence-corrected chi connectivity index (χ0v) is 15.2. The van der Waals surface area contributed by atoms with Gasteiger partial charge in [-0.2, -0.15) is 0 Å². The molecule has 2 N–H and O–H groups in total. The highest BCUT2D eigenvalue weighted by atomic mass is 35.5. The van der Waals surface area contributed by atoms with Crippen molar-refractivity contribution in [2.75, 3.05) is 5.32 Å². The van der Waals surface area contributed by atoms with Crippen LogP contribution in [0.4, 0.5) is 5.69 Å². The van der Waals surface area contributed by atoms with Crippen molar-refractivity contribution in [3.63, 3.8) is 0 Å². The topological polar surface area (TPSA) is 58.3 Å². The van der Waals surface area contributed by atoms with E-state index in [9.17, 15) is 5.11 Å². The van der Waals surface area contributed by atoms with E-state index < -0.39 is 11.6 Å². The number of fused-ring (bicyclic) bond motifs is 1. The number of halogens is 1. The van der Waals surface area contributed by atoms with Crippen LogP contribution in [0.15, 0.2) is 10.6 Å². The molecule has 0 unspecified atom stereocenters. The third-order valence-corrected chi connectivity index (χ3v) is 5.32. The van der Waals surface area contributed by atoms with E-state index in [0.717, 1.165) is 39.4 Å². The molecule has 0 radical (unpaired) electrons. The van der Waals surface area contributed by atoms with Crippen molar-refractivity contribution >= 4 is 17.3 Å². The minimum atomic E-state index is -0.521. The van der Waals surface area contributed by atoms with Gasteiger partial charge in [-0.15, -0.1) is 0 Å². The molecule has 0 saturated carbocycles. The van der Waals surface area contributed by atoms with Gasteiger partial charge in [0.25, 0.3) is 0 Å². The van der Waals surface area contributed by atoms with Crippen LogP contribution in [-0.4, -0.2) is 21.9 Å². The molecule has 2 aromatic rings. The predicted molar refractivity (Wildman–Crippen MR) is 93.3 cm³/mol. The van der Waals surface area contributed by atoms with Crippen molar-refractivity contribution in [3.8, 4) is 11.1 Å². The van der Waals surface area contributed by atoms with Crippen LogP contribution in [0, 0.1) is 20.8 Å². The second-order valence-corrected chi connectivity index (χ2v) is 7.50. The normalized spacial score (nSPS) is 22.6. The van der Waals surface area contributed by atoms with Crippen molar-refractivity contribution in [1.82, 2.24) is 5.16 Å². The Balaban J connectivity index is 2.28. The van der Waals surface area contributed by atoms with E-state index in [1.54, 1.807) is 0 Å². The monoisotopic (exact) mass is 334 g/mol. The highest BCUT2D eigenvalue weighted by Gasteiger charge is 2.41. The summed E-state index contributed by atoms with van der Waals surface area (Å²) < 4.78 is 5.30. The third-order valence-electron chi connectivity index (χ3n) is 4.92. The standard InChI is InChI=1S/C18H23ClN2O2/c1-8-7-12(14-10(3)21-23-11(14)4)15(19)13-9(2)17(22)18(5,6)20-16(8)13/h7,9,17,20,22H,1-6H3/t9-,17+/m0/s1. The summed E-state index contributed by atoms with van der Waals surface area (Å²) in [5.41, 5.74) is 5.37. The summed E-state index contributed by atoms with van der Waals surface area (Å²) >= 11 is 6.77. The van der Waals surface area contributed by atoms with Crippen LogP contribution in [0.5, 0.6) is 0 Å². The maximum absolute atomic E-state index is 10.6. The minimum Gasteiger partial charge on any atom is -0.390 e. The summed E-state index contributed by atoms with van der Waals surface area (Å²) in [6, 6.07) is 2.07. The molecule has 1 aromatic carbocycles. The lowest BCUT2D eigenvalue weighted by atomic mass is 9.77. The van der Waals surface area contributed by atoms with Crippen molar-refractivity contribution in [3.05, 3.63) is 33.7 Å². The van der Waals surface area contributed by atoms with Gasteiger partial charge < -0.3 is 14.9 Å². The van der Waals surface area contributed by atoms with Crippen LogP contribution in [0.25, 0.3) is 11.1 Å². The molecule has 0 fully saturated rings. The maximum atomic E-state index is 10.6. The Bertz CT molecular complexity index is 760. The molecular formula is C18H23ClN2O2. The summed E-state index contributed by atoms with van der Waals surface area (Å²) in [5, 5.41) is 18.8. The number of rotatable bonds is 1. The Morgan fingerprint density at radius 3 is 2.52 bits per heavy atom. The number of hydrogen-bond acceptors (Lipinski definition) is 4. The van der Waals surface area contributed by atoms with Crippen LogP contribution >= 0.6 is 11.6 Å². The van der Waals surface area contributed by atoms with Gasteiger partial charge in [-0.05, 0) is 46.2 Å².